The van der Waals surface area contributed by atoms with Gasteiger partial charge in [-0.1, -0.05) is 56.7 Å². The van der Waals surface area contributed by atoms with Crippen LogP contribution in [0.2, 0.25) is 0 Å². The topological polar surface area (TPSA) is 46.4 Å². The van der Waals surface area contributed by atoms with Crippen molar-refractivity contribution in [1.82, 2.24) is 4.90 Å². The first kappa shape index (κ1) is 20.1. The molecule has 0 aliphatic heterocycles. The molecule has 2 rings (SSSR count). The van der Waals surface area contributed by atoms with Crippen LogP contribution < -0.4 is 0 Å². The molecule has 0 aromatic heterocycles. The lowest BCUT2D eigenvalue weighted by atomic mass is 10.1. The maximum Gasteiger partial charge on any atom is 0.269 e. The van der Waals surface area contributed by atoms with Gasteiger partial charge in [0.25, 0.3) is 5.69 Å². The summed E-state index contributed by atoms with van der Waals surface area (Å²) in [6, 6.07) is 15.9. The lowest BCUT2D eigenvalue weighted by Crippen LogP contribution is -2.26. The van der Waals surface area contributed by atoms with Crippen molar-refractivity contribution in [3.8, 4) is 0 Å². The van der Waals surface area contributed by atoms with Crippen LogP contribution >= 0.6 is 0 Å². The highest BCUT2D eigenvalue weighted by molar-refractivity contribution is 5.34. The monoisotopic (exact) mass is 354 g/mol. The molecular weight excluding hydrogens is 324 g/mol. The van der Waals surface area contributed by atoms with Crippen molar-refractivity contribution >= 4 is 5.69 Å². The molecule has 0 fully saturated rings. The summed E-state index contributed by atoms with van der Waals surface area (Å²) in [7, 11) is 0. The molecule has 0 bridgehead atoms. The van der Waals surface area contributed by atoms with E-state index in [1.807, 2.05) is 6.07 Å². The molecule has 0 N–H and O–H groups in total. The van der Waals surface area contributed by atoms with E-state index in [9.17, 15) is 10.1 Å². The lowest BCUT2D eigenvalue weighted by Gasteiger charge is -2.22. The number of hydrogen-bond acceptors (Lipinski definition) is 3. The normalized spacial score (nSPS) is 11.0. The molecular formula is C22H30N2O2. The molecule has 0 saturated carbocycles. The highest BCUT2D eigenvalue weighted by Crippen LogP contribution is 2.15. The first-order valence-corrected chi connectivity index (χ1v) is 9.66. The average Bonchev–Trinajstić information content (AvgIpc) is 2.66. The van der Waals surface area contributed by atoms with E-state index in [1.165, 1.54) is 24.0 Å². The summed E-state index contributed by atoms with van der Waals surface area (Å²) in [6.45, 7) is 7.28. The van der Waals surface area contributed by atoms with Gasteiger partial charge in [0, 0.05) is 25.2 Å². The van der Waals surface area contributed by atoms with E-state index in [-0.39, 0.29) is 10.6 Å². The van der Waals surface area contributed by atoms with Gasteiger partial charge >= 0.3 is 0 Å². The molecule has 0 heterocycles. The fourth-order valence-corrected chi connectivity index (χ4v) is 3.15. The maximum absolute atomic E-state index is 10.9. The number of aryl methyl sites for hydroxylation is 1. The van der Waals surface area contributed by atoms with Crippen molar-refractivity contribution in [1.29, 1.82) is 0 Å². The number of nitro benzene ring substituents is 1. The molecule has 0 saturated heterocycles. The third kappa shape index (κ3) is 6.60. The zero-order valence-electron chi connectivity index (χ0n) is 16.0. The van der Waals surface area contributed by atoms with E-state index in [4.69, 9.17) is 0 Å². The molecule has 4 heteroatoms. The summed E-state index contributed by atoms with van der Waals surface area (Å²) in [5, 5.41) is 10.9. The zero-order chi connectivity index (χ0) is 18.8. The van der Waals surface area contributed by atoms with Crippen LogP contribution in [0.15, 0.2) is 48.5 Å². The summed E-state index contributed by atoms with van der Waals surface area (Å²) in [4.78, 5) is 13.0. The number of rotatable bonds is 11. The number of hydrogen-bond donors (Lipinski definition) is 0. The molecule has 0 spiro atoms. The average molecular weight is 354 g/mol. The number of nitrogens with zero attached hydrogens (tertiary/aromatic N) is 2. The van der Waals surface area contributed by atoms with Gasteiger partial charge in [-0.25, -0.2) is 0 Å². The zero-order valence-corrected chi connectivity index (χ0v) is 16.0. The summed E-state index contributed by atoms with van der Waals surface area (Å²) in [5.41, 5.74) is 3.94. The summed E-state index contributed by atoms with van der Waals surface area (Å²) >= 11 is 0. The third-order valence-corrected chi connectivity index (χ3v) is 4.63. The maximum atomic E-state index is 10.9. The fraction of sp³-hybridized carbons (Fsp3) is 0.455. The highest BCUT2D eigenvalue weighted by Gasteiger charge is 2.09. The van der Waals surface area contributed by atoms with Crippen LogP contribution in [-0.4, -0.2) is 22.9 Å². The van der Waals surface area contributed by atoms with Gasteiger partial charge < -0.3 is 0 Å². The smallest absolute Gasteiger partial charge is 0.269 e. The van der Waals surface area contributed by atoms with Crippen molar-refractivity contribution in [3.05, 3.63) is 75.3 Å². The molecule has 0 aliphatic rings. The van der Waals surface area contributed by atoms with E-state index in [2.05, 4.69) is 43.0 Å². The Morgan fingerprint density at radius 2 is 1.62 bits per heavy atom. The second kappa shape index (κ2) is 10.7. The Morgan fingerprint density at radius 1 is 0.885 bits per heavy atom. The summed E-state index contributed by atoms with van der Waals surface area (Å²) < 4.78 is 0. The SMILES string of the molecule is CCCCc1ccc(CN(CCC)CCc2cccc([N+](=O)[O-])c2)cc1. The molecule has 2 aromatic carbocycles. The largest absolute Gasteiger partial charge is 0.299 e. The van der Waals surface area contributed by atoms with E-state index >= 15 is 0 Å². The fourth-order valence-electron chi connectivity index (χ4n) is 3.15. The van der Waals surface area contributed by atoms with E-state index in [0.717, 1.165) is 44.5 Å². The Balaban J connectivity index is 1.93. The van der Waals surface area contributed by atoms with Crippen LogP contribution in [0.5, 0.6) is 0 Å². The first-order chi connectivity index (χ1) is 12.6. The van der Waals surface area contributed by atoms with Crippen molar-refractivity contribution in [2.45, 2.75) is 52.5 Å². The minimum absolute atomic E-state index is 0.173. The quantitative estimate of drug-likeness (QED) is 0.401. The Bertz CT molecular complexity index is 683. The number of non-ortho nitro benzene ring substituents is 1. The van der Waals surface area contributed by atoms with Crippen molar-refractivity contribution in [3.63, 3.8) is 0 Å². The van der Waals surface area contributed by atoms with Gasteiger partial charge in [-0.15, -0.1) is 0 Å². The Kier molecular flexibility index (Phi) is 8.29. The Morgan fingerprint density at radius 3 is 2.27 bits per heavy atom. The molecule has 2 aromatic rings. The predicted molar refractivity (Wildman–Crippen MR) is 107 cm³/mol. The van der Waals surface area contributed by atoms with Gasteiger partial charge in [0.1, 0.15) is 0 Å². The van der Waals surface area contributed by atoms with Crippen LogP contribution in [0.25, 0.3) is 0 Å². The minimum atomic E-state index is -0.326. The van der Waals surface area contributed by atoms with E-state index < -0.39 is 0 Å². The minimum Gasteiger partial charge on any atom is -0.299 e. The second-order valence-corrected chi connectivity index (χ2v) is 6.87. The van der Waals surface area contributed by atoms with Gasteiger partial charge in [-0.2, -0.15) is 0 Å². The van der Waals surface area contributed by atoms with Crippen LogP contribution in [-0.2, 0) is 19.4 Å². The van der Waals surface area contributed by atoms with Gasteiger partial charge in [0.15, 0.2) is 0 Å². The summed E-state index contributed by atoms with van der Waals surface area (Å²) in [6.07, 6.45) is 5.55. The molecule has 0 aliphatic carbocycles. The molecule has 26 heavy (non-hydrogen) atoms. The lowest BCUT2D eigenvalue weighted by molar-refractivity contribution is -0.384. The van der Waals surface area contributed by atoms with Crippen LogP contribution in [0.3, 0.4) is 0 Å². The number of unbranched alkanes of at least 4 members (excludes halogenated alkanes) is 1. The van der Waals surface area contributed by atoms with Crippen molar-refractivity contribution in [2.24, 2.45) is 0 Å². The number of nitro groups is 1. The van der Waals surface area contributed by atoms with E-state index in [1.54, 1.807) is 18.2 Å². The van der Waals surface area contributed by atoms with Gasteiger partial charge in [0.2, 0.25) is 0 Å². The van der Waals surface area contributed by atoms with E-state index in [0.29, 0.717) is 0 Å². The molecule has 140 valence electrons. The standard InChI is InChI=1S/C22H30N2O2/c1-3-5-7-19-10-12-21(13-11-19)18-23(15-4-2)16-14-20-8-6-9-22(17-20)24(25)26/h6,8-13,17H,3-5,7,14-16,18H2,1-2H3. The van der Waals surface area contributed by atoms with Crippen molar-refractivity contribution in [2.75, 3.05) is 13.1 Å². The van der Waals surface area contributed by atoms with Crippen LogP contribution in [0, 0.1) is 10.1 Å². The summed E-state index contributed by atoms with van der Waals surface area (Å²) in [5.74, 6) is 0. The third-order valence-electron chi connectivity index (χ3n) is 4.63. The number of benzene rings is 2. The first-order valence-electron chi connectivity index (χ1n) is 9.66. The highest BCUT2D eigenvalue weighted by atomic mass is 16.6. The molecule has 0 radical (unpaired) electrons. The second-order valence-electron chi connectivity index (χ2n) is 6.87. The van der Waals surface area contributed by atoms with Crippen molar-refractivity contribution < 1.29 is 4.92 Å². The molecule has 0 atom stereocenters. The molecule has 0 unspecified atom stereocenters. The van der Waals surface area contributed by atoms with Gasteiger partial charge in [-0.05, 0) is 48.9 Å². The van der Waals surface area contributed by atoms with Crippen LogP contribution in [0.4, 0.5) is 5.69 Å². The van der Waals surface area contributed by atoms with Crippen LogP contribution in [0.1, 0.15) is 49.8 Å². The Hall–Kier alpha value is -2.20. The molecule has 4 nitrogen and oxygen atoms in total. The van der Waals surface area contributed by atoms with Gasteiger partial charge in [-0.3, -0.25) is 15.0 Å². The molecule has 0 amide bonds. The van der Waals surface area contributed by atoms with Gasteiger partial charge in [0.05, 0.1) is 4.92 Å². The predicted octanol–water partition coefficient (Wildman–Crippen LogP) is 5.39. The Labute approximate surface area is 157 Å².